The summed E-state index contributed by atoms with van der Waals surface area (Å²) in [5.41, 5.74) is 6.66. The van der Waals surface area contributed by atoms with Gasteiger partial charge in [0, 0.05) is 24.9 Å². The van der Waals surface area contributed by atoms with Crippen molar-refractivity contribution in [3.63, 3.8) is 0 Å². The molecule has 0 saturated carbocycles. The molecule has 0 amide bonds. The van der Waals surface area contributed by atoms with Crippen molar-refractivity contribution in [1.29, 1.82) is 15.8 Å². The number of allylic oxidation sites excluding steroid dienone is 2. The van der Waals surface area contributed by atoms with E-state index in [0.717, 1.165) is 11.1 Å². The van der Waals surface area contributed by atoms with Crippen molar-refractivity contribution < 1.29 is 4.74 Å². The SMILES string of the molecule is COc1ccc([C@H]2[C@H]3CN(C)CC=C3C(C#N)=C(N)C2(C#N)C#N)cc1. The van der Waals surface area contributed by atoms with Crippen LogP contribution in [0.4, 0.5) is 0 Å². The highest BCUT2D eigenvalue weighted by molar-refractivity contribution is 5.59. The van der Waals surface area contributed by atoms with Gasteiger partial charge in [-0.25, -0.2) is 0 Å². The zero-order valence-corrected chi connectivity index (χ0v) is 14.7. The topological polar surface area (TPSA) is 110 Å². The predicted molar refractivity (Wildman–Crippen MR) is 95.3 cm³/mol. The molecule has 1 aromatic carbocycles. The lowest BCUT2D eigenvalue weighted by molar-refractivity contribution is 0.237. The van der Waals surface area contributed by atoms with E-state index < -0.39 is 11.3 Å². The van der Waals surface area contributed by atoms with E-state index in [0.29, 0.717) is 18.8 Å². The molecule has 0 fully saturated rings. The number of hydrogen-bond acceptors (Lipinski definition) is 6. The summed E-state index contributed by atoms with van der Waals surface area (Å²) in [6.45, 7) is 1.35. The summed E-state index contributed by atoms with van der Waals surface area (Å²) in [7, 11) is 3.56. The zero-order valence-electron chi connectivity index (χ0n) is 14.7. The maximum atomic E-state index is 9.96. The average Bonchev–Trinajstić information content (AvgIpc) is 2.67. The summed E-state index contributed by atoms with van der Waals surface area (Å²) in [5, 5.41) is 29.6. The highest BCUT2D eigenvalue weighted by Crippen LogP contribution is 2.54. The van der Waals surface area contributed by atoms with Gasteiger partial charge in [0.2, 0.25) is 0 Å². The fraction of sp³-hybridized carbons (Fsp3) is 0.350. The summed E-state index contributed by atoms with van der Waals surface area (Å²) in [5.74, 6) is 0.0692. The lowest BCUT2D eigenvalue weighted by Crippen LogP contribution is -2.47. The van der Waals surface area contributed by atoms with Crippen LogP contribution in [-0.2, 0) is 0 Å². The average molecular weight is 345 g/mol. The molecule has 26 heavy (non-hydrogen) atoms. The first-order chi connectivity index (χ1) is 12.5. The first kappa shape index (κ1) is 17.5. The number of nitriles is 3. The highest BCUT2D eigenvalue weighted by Gasteiger charge is 2.54. The number of benzene rings is 1. The molecule has 1 aliphatic heterocycles. The number of likely N-dealkylation sites (N-methyl/N-ethyl adjacent to an activating group) is 1. The Bertz CT molecular complexity index is 893. The Kier molecular flexibility index (Phi) is 4.43. The minimum Gasteiger partial charge on any atom is -0.497 e. The quantitative estimate of drug-likeness (QED) is 0.878. The van der Waals surface area contributed by atoms with Gasteiger partial charge in [0.25, 0.3) is 0 Å². The third-order valence-electron chi connectivity index (χ3n) is 5.32. The summed E-state index contributed by atoms with van der Waals surface area (Å²) in [6.07, 6.45) is 1.98. The van der Waals surface area contributed by atoms with Gasteiger partial charge in [-0.1, -0.05) is 18.2 Å². The van der Waals surface area contributed by atoms with Gasteiger partial charge in [-0.3, -0.25) is 0 Å². The van der Waals surface area contributed by atoms with Crippen LogP contribution in [0, 0.1) is 45.3 Å². The lowest BCUT2D eigenvalue weighted by Gasteiger charge is -2.45. The molecule has 2 N–H and O–H groups in total. The van der Waals surface area contributed by atoms with Gasteiger partial charge in [0.05, 0.1) is 30.5 Å². The van der Waals surface area contributed by atoms with Gasteiger partial charge in [-0.15, -0.1) is 0 Å². The first-order valence-corrected chi connectivity index (χ1v) is 8.28. The molecular weight excluding hydrogens is 326 g/mol. The molecule has 1 heterocycles. The van der Waals surface area contributed by atoms with Crippen LogP contribution in [0.2, 0.25) is 0 Å². The van der Waals surface area contributed by atoms with Crippen LogP contribution >= 0.6 is 0 Å². The van der Waals surface area contributed by atoms with Gasteiger partial charge in [0.15, 0.2) is 5.41 Å². The lowest BCUT2D eigenvalue weighted by atomic mass is 9.58. The van der Waals surface area contributed by atoms with Gasteiger partial charge in [0.1, 0.15) is 11.8 Å². The molecule has 2 aliphatic rings. The Morgan fingerprint density at radius 1 is 1.19 bits per heavy atom. The van der Waals surface area contributed by atoms with Gasteiger partial charge in [-0.2, -0.15) is 15.8 Å². The maximum absolute atomic E-state index is 9.96. The monoisotopic (exact) mass is 345 g/mol. The standard InChI is InChI=1S/C20H19N5O/c1-25-8-7-15-16(9-21)19(24)20(11-22,12-23)18(17(15)10-25)13-3-5-14(26-2)6-4-13/h3-7,17-18H,8,10,24H2,1-2H3/t17-,18-/m0/s1. The second-order valence-corrected chi connectivity index (χ2v) is 6.67. The number of fused-ring (bicyclic) bond motifs is 1. The fourth-order valence-electron chi connectivity index (χ4n) is 4.01. The second-order valence-electron chi connectivity index (χ2n) is 6.67. The number of nitrogens with two attached hydrogens (primary N) is 1. The molecule has 0 spiro atoms. The minimum absolute atomic E-state index is 0.0536. The highest BCUT2D eigenvalue weighted by atomic mass is 16.5. The van der Waals surface area contributed by atoms with Crippen molar-refractivity contribution in [3.8, 4) is 24.0 Å². The van der Waals surface area contributed by atoms with Gasteiger partial charge < -0.3 is 15.4 Å². The number of hydrogen-bond donors (Lipinski definition) is 1. The number of ether oxygens (including phenoxy) is 1. The van der Waals surface area contributed by atoms with Crippen molar-refractivity contribution >= 4 is 0 Å². The summed E-state index contributed by atoms with van der Waals surface area (Å²) in [4.78, 5) is 2.11. The third-order valence-corrected chi connectivity index (χ3v) is 5.32. The van der Waals surface area contributed by atoms with Crippen LogP contribution < -0.4 is 10.5 Å². The van der Waals surface area contributed by atoms with Gasteiger partial charge in [-0.05, 0) is 30.3 Å². The summed E-state index contributed by atoms with van der Waals surface area (Å²) < 4.78 is 5.21. The van der Waals surface area contributed by atoms with Gasteiger partial charge >= 0.3 is 0 Å². The molecule has 1 aliphatic carbocycles. The third kappa shape index (κ3) is 2.42. The zero-order chi connectivity index (χ0) is 18.9. The Morgan fingerprint density at radius 3 is 2.38 bits per heavy atom. The van der Waals surface area contributed by atoms with Crippen molar-refractivity contribution in [2.75, 3.05) is 27.2 Å². The molecule has 0 radical (unpaired) electrons. The Labute approximate surface area is 153 Å². The van der Waals surface area contributed by atoms with Crippen molar-refractivity contribution in [2.45, 2.75) is 5.92 Å². The van der Waals surface area contributed by atoms with Crippen molar-refractivity contribution in [3.05, 3.63) is 52.7 Å². The Morgan fingerprint density at radius 2 is 1.85 bits per heavy atom. The molecule has 0 saturated heterocycles. The molecule has 6 nitrogen and oxygen atoms in total. The van der Waals surface area contributed by atoms with E-state index in [1.165, 1.54) is 0 Å². The Balaban J connectivity index is 2.28. The Hall–Kier alpha value is -3.27. The molecular formula is C20H19N5O. The second kappa shape index (κ2) is 6.56. The first-order valence-electron chi connectivity index (χ1n) is 8.28. The largest absolute Gasteiger partial charge is 0.497 e. The molecule has 3 rings (SSSR count). The van der Waals surface area contributed by atoms with E-state index in [1.54, 1.807) is 7.11 Å². The van der Waals surface area contributed by atoms with Crippen molar-refractivity contribution in [1.82, 2.24) is 4.90 Å². The van der Waals surface area contributed by atoms with E-state index in [9.17, 15) is 15.8 Å². The number of nitrogens with zero attached hydrogens (tertiary/aromatic N) is 4. The van der Waals surface area contributed by atoms with Crippen LogP contribution in [0.1, 0.15) is 11.5 Å². The molecule has 0 unspecified atom stereocenters. The van der Waals surface area contributed by atoms with Crippen LogP contribution in [-0.4, -0.2) is 32.1 Å². The molecule has 2 atom stereocenters. The normalized spacial score (nSPS) is 24.5. The maximum Gasteiger partial charge on any atom is 0.191 e. The van der Waals surface area contributed by atoms with Crippen molar-refractivity contribution in [2.24, 2.45) is 17.1 Å². The fourth-order valence-corrected chi connectivity index (χ4v) is 4.01. The van der Waals surface area contributed by atoms with Crippen LogP contribution in [0.25, 0.3) is 0 Å². The van der Waals surface area contributed by atoms with E-state index in [2.05, 4.69) is 23.1 Å². The summed E-state index contributed by atoms with van der Waals surface area (Å²) >= 11 is 0. The predicted octanol–water partition coefficient (Wildman–Crippen LogP) is 2.05. The molecule has 6 heteroatoms. The van der Waals surface area contributed by atoms with E-state index in [1.807, 2.05) is 37.4 Å². The minimum atomic E-state index is -1.58. The van der Waals surface area contributed by atoms with Crippen LogP contribution in [0.3, 0.4) is 0 Å². The van der Waals surface area contributed by atoms with E-state index >= 15 is 0 Å². The number of methoxy groups -OCH3 is 1. The van der Waals surface area contributed by atoms with Crippen LogP contribution in [0.15, 0.2) is 47.2 Å². The molecule has 130 valence electrons. The van der Waals surface area contributed by atoms with Crippen LogP contribution in [0.5, 0.6) is 5.75 Å². The smallest absolute Gasteiger partial charge is 0.191 e. The number of rotatable bonds is 2. The van der Waals surface area contributed by atoms with E-state index in [-0.39, 0.29) is 17.2 Å². The molecule has 0 bridgehead atoms. The molecule has 0 aromatic heterocycles. The summed E-state index contributed by atoms with van der Waals surface area (Å²) in [6, 6.07) is 13.7. The van der Waals surface area contributed by atoms with E-state index in [4.69, 9.17) is 10.5 Å². The molecule has 1 aromatic rings.